The first kappa shape index (κ1) is 13.4. The molecule has 0 bridgehead atoms. The maximum Gasteiger partial charge on any atom is 0.153 e. The highest BCUT2D eigenvalue weighted by Gasteiger charge is 2.12. The molecule has 116 valence electrons. The molecule has 0 amide bonds. The highest BCUT2D eigenvalue weighted by atomic mass is 32.1. The van der Waals surface area contributed by atoms with Crippen molar-refractivity contribution in [2.45, 2.75) is 0 Å². The van der Waals surface area contributed by atoms with Gasteiger partial charge in [-0.25, -0.2) is 4.68 Å². The van der Waals surface area contributed by atoms with Gasteiger partial charge in [-0.1, -0.05) is 6.07 Å². The van der Waals surface area contributed by atoms with E-state index in [1.54, 1.807) is 17.5 Å². The number of benzene rings is 1. The predicted molar refractivity (Wildman–Crippen MR) is 96.0 cm³/mol. The Bertz CT molecular complexity index is 1100. The molecule has 0 saturated carbocycles. The third-order valence-corrected chi connectivity index (χ3v) is 4.74. The molecule has 0 aliphatic heterocycles. The average Bonchev–Trinajstić information content (AvgIpc) is 3.38. The molecule has 0 atom stereocenters. The molecular formula is C19H13N3OS. The second-order valence-corrected chi connectivity index (χ2v) is 6.31. The number of hydrogen-bond donors (Lipinski definition) is 0. The topological polar surface area (TPSA) is 35.9 Å². The SMILES string of the molecule is c1cc(-n2cccn2)cc(-n2ccc3oc(-c4ccsc4)cc32)c1. The Morgan fingerprint density at radius 1 is 0.958 bits per heavy atom. The van der Waals surface area contributed by atoms with Crippen LogP contribution in [-0.4, -0.2) is 14.3 Å². The van der Waals surface area contributed by atoms with Gasteiger partial charge in [0.15, 0.2) is 5.58 Å². The van der Waals surface area contributed by atoms with E-state index < -0.39 is 0 Å². The Morgan fingerprint density at radius 3 is 2.75 bits per heavy atom. The fourth-order valence-corrected chi connectivity index (χ4v) is 3.55. The zero-order valence-electron chi connectivity index (χ0n) is 12.7. The molecule has 5 rings (SSSR count). The fourth-order valence-electron chi connectivity index (χ4n) is 2.90. The van der Waals surface area contributed by atoms with Gasteiger partial charge in [-0.2, -0.15) is 16.4 Å². The van der Waals surface area contributed by atoms with Gasteiger partial charge in [0.05, 0.1) is 11.2 Å². The third kappa shape index (κ3) is 2.10. The molecule has 4 heterocycles. The van der Waals surface area contributed by atoms with Crippen LogP contribution < -0.4 is 0 Å². The van der Waals surface area contributed by atoms with Gasteiger partial charge in [0.25, 0.3) is 0 Å². The van der Waals surface area contributed by atoms with Crippen LogP contribution in [0.3, 0.4) is 0 Å². The molecule has 5 heteroatoms. The average molecular weight is 331 g/mol. The van der Waals surface area contributed by atoms with Crippen LogP contribution in [0.2, 0.25) is 0 Å². The summed E-state index contributed by atoms with van der Waals surface area (Å²) in [7, 11) is 0. The van der Waals surface area contributed by atoms with Crippen LogP contribution in [-0.2, 0) is 0 Å². The van der Waals surface area contributed by atoms with Crippen LogP contribution in [0.1, 0.15) is 0 Å². The normalized spacial score (nSPS) is 11.3. The van der Waals surface area contributed by atoms with Gasteiger partial charge >= 0.3 is 0 Å². The largest absolute Gasteiger partial charge is 0.454 e. The highest BCUT2D eigenvalue weighted by molar-refractivity contribution is 7.08. The summed E-state index contributed by atoms with van der Waals surface area (Å²) in [6.07, 6.45) is 5.76. The van der Waals surface area contributed by atoms with E-state index in [1.165, 1.54) is 0 Å². The number of hydrogen-bond acceptors (Lipinski definition) is 3. The summed E-state index contributed by atoms with van der Waals surface area (Å²) in [6, 6.07) is 16.4. The van der Waals surface area contributed by atoms with Crippen LogP contribution in [0.15, 0.2) is 82.3 Å². The Kier molecular flexibility index (Phi) is 2.93. The van der Waals surface area contributed by atoms with Crippen LogP contribution in [0.5, 0.6) is 0 Å². The summed E-state index contributed by atoms with van der Waals surface area (Å²) >= 11 is 1.67. The van der Waals surface area contributed by atoms with E-state index in [9.17, 15) is 0 Å². The van der Waals surface area contributed by atoms with E-state index in [2.05, 4.69) is 44.7 Å². The molecule has 0 spiro atoms. The molecule has 0 fully saturated rings. The minimum absolute atomic E-state index is 0.890. The van der Waals surface area contributed by atoms with E-state index in [0.717, 1.165) is 33.8 Å². The lowest BCUT2D eigenvalue weighted by molar-refractivity contribution is 0.632. The van der Waals surface area contributed by atoms with Gasteiger partial charge in [-0.05, 0) is 41.8 Å². The first-order valence-corrected chi connectivity index (χ1v) is 8.57. The zero-order chi connectivity index (χ0) is 15.9. The molecular weight excluding hydrogens is 318 g/mol. The van der Waals surface area contributed by atoms with Crippen LogP contribution in [0, 0.1) is 0 Å². The van der Waals surface area contributed by atoms with Crippen molar-refractivity contribution in [1.82, 2.24) is 14.3 Å². The molecule has 0 aliphatic carbocycles. The molecule has 24 heavy (non-hydrogen) atoms. The Labute approximate surface area is 142 Å². The molecule has 0 N–H and O–H groups in total. The van der Waals surface area contributed by atoms with Crippen molar-refractivity contribution in [1.29, 1.82) is 0 Å². The lowest BCUT2D eigenvalue weighted by Gasteiger charge is -2.07. The molecule has 1 aromatic carbocycles. The molecule has 5 aromatic rings. The monoisotopic (exact) mass is 331 g/mol. The fraction of sp³-hybridized carbons (Fsp3) is 0. The first-order chi connectivity index (χ1) is 11.9. The zero-order valence-corrected chi connectivity index (χ0v) is 13.5. The van der Waals surface area contributed by atoms with Gasteiger partial charge in [-0.15, -0.1) is 0 Å². The van der Waals surface area contributed by atoms with Gasteiger partial charge in [0.2, 0.25) is 0 Å². The summed E-state index contributed by atoms with van der Waals surface area (Å²) < 4.78 is 9.98. The third-order valence-electron chi connectivity index (χ3n) is 4.06. The van der Waals surface area contributed by atoms with E-state index >= 15 is 0 Å². The van der Waals surface area contributed by atoms with Crippen molar-refractivity contribution in [2.75, 3.05) is 0 Å². The van der Waals surface area contributed by atoms with Crippen molar-refractivity contribution < 1.29 is 4.42 Å². The Morgan fingerprint density at radius 2 is 1.92 bits per heavy atom. The summed E-state index contributed by atoms with van der Waals surface area (Å²) in [5.41, 5.74) is 5.18. The van der Waals surface area contributed by atoms with Crippen molar-refractivity contribution in [3.05, 3.63) is 77.9 Å². The van der Waals surface area contributed by atoms with E-state index in [0.29, 0.717) is 0 Å². The molecule has 0 saturated heterocycles. The second kappa shape index (κ2) is 5.25. The van der Waals surface area contributed by atoms with Crippen molar-refractivity contribution in [2.24, 2.45) is 0 Å². The first-order valence-electron chi connectivity index (χ1n) is 7.62. The minimum Gasteiger partial charge on any atom is -0.454 e. The van der Waals surface area contributed by atoms with Crippen LogP contribution in [0.25, 0.3) is 33.8 Å². The van der Waals surface area contributed by atoms with Gasteiger partial charge in [0.1, 0.15) is 5.76 Å². The number of thiophene rings is 1. The molecule has 0 unspecified atom stereocenters. The van der Waals surface area contributed by atoms with E-state index in [4.69, 9.17) is 4.42 Å². The standard InChI is InChI=1S/C19H13N3OS/c1-3-15(11-16(4-1)22-8-2-7-20-22)21-9-5-18-17(21)12-19(23-18)14-6-10-24-13-14/h1-13H. The van der Waals surface area contributed by atoms with Gasteiger partial charge in [0, 0.05) is 41.3 Å². The van der Waals surface area contributed by atoms with Crippen molar-refractivity contribution >= 4 is 22.4 Å². The Balaban J connectivity index is 1.63. The van der Waals surface area contributed by atoms with E-state index in [1.807, 2.05) is 41.3 Å². The molecule has 0 radical (unpaired) electrons. The lowest BCUT2D eigenvalue weighted by Crippen LogP contribution is -1.97. The maximum absolute atomic E-state index is 5.99. The molecule has 0 aliphatic rings. The van der Waals surface area contributed by atoms with Gasteiger partial charge < -0.3 is 8.98 Å². The number of rotatable bonds is 3. The van der Waals surface area contributed by atoms with Crippen LogP contribution in [0.4, 0.5) is 0 Å². The summed E-state index contributed by atoms with van der Waals surface area (Å²) in [5.74, 6) is 0.902. The second-order valence-electron chi connectivity index (χ2n) is 5.53. The lowest BCUT2D eigenvalue weighted by atomic mass is 10.2. The van der Waals surface area contributed by atoms with E-state index in [-0.39, 0.29) is 0 Å². The number of fused-ring (bicyclic) bond motifs is 1. The minimum atomic E-state index is 0.890. The van der Waals surface area contributed by atoms with Crippen molar-refractivity contribution in [3.63, 3.8) is 0 Å². The van der Waals surface area contributed by atoms with Gasteiger partial charge in [-0.3, -0.25) is 0 Å². The quantitative estimate of drug-likeness (QED) is 0.459. The molecule has 4 nitrogen and oxygen atoms in total. The maximum atomic E-state index is 5.99. The highest BCUT2D eigenvalue weighted by Crippen LogP contribution is 2.31. The van der Waals surface area contributed by atoms with Crippen molar-refractivity contribution in [3.8, 4) is 22.7 Å². The summed E-state index contributed by atoms with van der Waals surface area (Å²) in [6.45, 7) is 0. The summed E-state index contributed by atoms with van der Waals surface area (Å²) in [4.78, 5) is 0. The predicted octanol–water partition coefficient (Wildman–Crippen LogP) is 5.14. The Hall–Kier alpha value is -3.05. The summed E-state index contributed by atoms with van der Waals surface area (Å²) in [5, 5.41) is 8.46. The number of nitrogens with zero attached hydrogens (tertiary/aromatic N) is 3. The van der Waals surface area contributed by atoms with Crippen LogP contribution >= 0.6 is 11.3 Å². The smallest absolute Gasteiger partial charge is 0.153 e. The number of furan rings is 1. The number of aromatic nitrogens is 3. The molecule has 4 aromatic heterocycles.